The van der Waals surface area contributed by atoms with Crippen LogP contribution in [0.1, 0.15) is 18.4 Å². The minimum absolute atomic E-state index is 0. The molecule has 0 saturated carbocycles. The molecule has 2 aromatic rings. The summed E-state index contributed by atoms with van der Waals surface area (Å²) in [5.74, 6) is 0.968. The Hall–Kier alpha value is -1.52. The molecule has 3 heterocycles. The summed E-state index contributed by atoms with van der Waals surface area (Å²) in [7, 11) is 1.98. The SMILES string of the molecule is Cl.Cn1cc2c(n1)-c1ccccc1OC21CCNCC1. The number of ether oxygens (including phenoxy) is 1. The molecule has 4 rings (SSSR count). The van der Waals surface area contributed by atoms with E-state index < -0.39 is 0 Å². The molecule has 0 amide bonds. The molecule has 4 nitrogen and oxygen atoms in total. The number of nitrogens with zero attached hydrogens (tertiary/aromatic N) is 2. The first kappa shape index (κ1) is 13.5. The molecule has 20 heavy (non-hydrogen) atoms. The van der Waals surface area contributed by atoms with E-state index in [0.717, 1.165) is 42.9 Å². The Kier molecular flexibility index (Phi) is 3.22. The predicted molar refractivity (Wildman–Crippen MR) is 80.3 cm³/mol. The summed E-state index contributed by atoms with van der Waals surface area (Å²) < 4.78 is 8.31. The zero-order valence-electron chi connectivity index (χ0n) is 11.4. The van der Waals surface area contributed by atoms with Crippen molar-refractivity contribution in [2.45, 2.75) is 18.4 Å². The fourth-order valence-corrected chi connectivity index (χ4v) is 3.24. The topological polar surface area (TPSA) is 39.1 Å². The van der Waals surface area contributed by atoms with Gasteiger partial charge >= 0.3 is 0 Å². The van der Waals surface area contributed by atoms with Crippen LogP contribution in [-0.2, 0) is 12.6 Å². The van der Waals surface area contributed by atoms with Crippen molar-refractivity contribution in [1.29, 1.82) is 0 Å². The minimum Gasteiger partial charge on any atom is -0.482 e. The van der Waals surface area contributed by atoms with Gasteiger partial charge in [0.05, 0.1) is 0 Å². The van der Waals surface area contributed by atoms with E-state index in [1.165, 1.54) is 5.56 Å². The van der Waals surface area contributed by atoms with Gasteiger partial charge in [-0.1, -0.05) is 12.1 Å². The van der Waals surface area contributed by atoms with Gasteiger partial charge in [-0.3, -0.25) is 4.68 Å². The normalized spacial score (nSPS) is 18.6. The van der Waals surface area contributed by atoms with Crippen molar-refractivity contribution in [3.05, 3.63) is 36.0 Å². The van der Waals surface area contributed by atoms with E-state index in [1.807, 2.05) is 23.9 Å². The van der Waals surface area contributed by atoms with Crippen molar-refractivity contribution in [1.82, 2.24) is 15.1 Å². The largest absolute Gasteiger partial charge is 0.482 e. The van der Waals surface area contributed by atoms with Crippen LogP contribution in [0.5, 0.6) is 5.75 Å². The van der Waals surface area contributed by atoms with Gasteiger partial charge in [0.25, 0.3) is 0 Å². The second kappa shape index (κ2) is 4.79. The molecule has 0 atom stereocenters. The first-order chi connectivity index (χ1) is 9.28. The lowest BCUT2D eigenvalue weighted by Gasteiger charge is -2.41. The van der Waals surface area contributed by atoms with Crippen LogP contribution in [0.2, 0.25) is 0 Å². The zero-order chi connectivity index (χ0) is 12.9. The van der Waals surface area contributed by atoms with Gasteiger partial charge in [-0.05, 0) is 25.2 Å². The molecule has 106 valence electrons. The quantitative estimate of drug-likeness (QED) is 0.810. The number of fused-ring (bicyclic) bond motifs is 4. The van der Waals surface area contributed by atoms with E-state index in [9.17, 15) is 0 Å². The molecule has 1 N–H and O–H groups in total. The smallest absolute Gasteiger partial charge is 0.140 e. The number of hydrogen-bond acceptors (Lipinski definition) is 3. The highest BCUT2D eigenvalue weighted by molar-refractivity contribution is 5.85. The first-order valence-corrected chi connectivity index (χ1v) is 6.82. The number of aryl methyl sites for hydroxylation is 1. The maximum absolute atomic E-state index is 6.41. The van der Waals surface area contributed by atoms with Crippen molar-refractivity contribution in [3.63, 3.8) is 0 Å². The molecule has 0 radical (unpaired) electrons. The van der Waals surface area contributed by atoms with Gasteiger partial charge in [0, 0.05) is 37.2 Å². The van der Waals surface area contributed by atoms with Crippen LogP contribution in [-0.4, -0.2) is 22.9 Å². The van der Waals surface area contributed by atoms with Crippen LogP contribution in [0.25, 0.3) is 11.3 Å². The molecule has 1 saturated heterocycles. The van der Waals surface area contributed by atoms with E-state index in [0.29, 0.717) is 0 Å². The third kappa shape index (κ3) is 1.83. The van der Waals surface area contributed by atoms with Gasteiger partial charge in [0.2, 0.25) is 0 Å². The summed E-state index contributed by atoms with van der Waals surface area (Å²) >= 11 is 0. The standard InChI is InChI=1S/C15H17N3O.ClH/c1-18-10-12-14(17-18)11-4-2-3-5-13(11)19-15(12)6-8-16-9-7-15;/h2-5,10,16H,6-9H2,1H3;1H. The van der Waals surface area contributed by atoms with E-state index >= 15 is 0 Å². The third-order valence-corrected chi connectivity index (χ3v) is 4.18. The minimum atomic E-state index is -0.191. The van der Waals surface area contributed by atoms with Crippen LogP contribution < -0.4 is 10.1 Å². The van der Waals surface area contributed by atoms with Gasteiger partial charge in [0.1, 0.15) is 17.0 Å². The van der Waals surface area contributed by atoms with Crippen molar-refractivity contribution in [3.8, 4) is 17.0 Å². The van der Waals surface area contributed by atoms with Crippen molar-refractivity contribution in [2.24, 2.45) is 7.05 Å². The average molecular weight is 292 g/mol. The summed E-state index contributed by atoms with van der Waals surface area (Å²) in [4.78, 5) is 0. The Labute approximate surface area is 124 Å². The molecular weight excluding hydrogens is 274 g/mol. The monoisotopic (exact) mass is 291 g/mol. The van der Waals surface area contributed by atoms with E-state index in [1.54, 1.807) is 0 Å². The number of aromatic nitrogens is 2. The summed E-state index contributed by atoms with van der Waals surface area (Å²) in [6.45, 7) is 1.99. The van der Waals surface area contributed by atoms with Crippen LogP contribution in [0.3, 0.4) is 0 Å². The molecule has 1 fully saturated rings. The lowest BCUT2D eigenvalue weighted by Crippen LogP contribution is -2.45. The molecule has 2 aliphatic rings. The number of para-hydroxylation sites is 1. The Balaban J connectivity index is 0.00000121. The lowest BCUT2D eigenvalue weighted by molar-refractivity contribution is 0.0307. The Morgan fingerprint density at radius 2 is 2.00 bits per heavy atom. The van der Waals surface area contributed by atoms with Gasteiger partial charge in [-0.25, -0.2) is 0 Å². The number of hydrogen-bond donors (Lipinski definition) is 1. The fourth-order valence-electron chi connectivity index (χ4n) is 3.24. The van der Waals surface area contributed by atoms with Crippen molar-refractivity contribution in [2.75, 3.05) is 13.1 Å². The lowest BCUT2D eigenvalue weighted by atomic mass is 9.81. The molecule has 1 aromatic heterocycles. The molecule has 0 bridgehead atoms. The summed E-state index contributed by atoms with van der Waals surface area (Å²) in [5, 5.41) is 8.07. The van der Waals surface area contributed by atoms with Gasteiger partial charge < -0.3 is 10.1 Å². The van der Waals surface area contributed by atoms with Gasteiger partial charge in [-0.15, -0.1) is 12.4 Å². The maximum Gasteiger partial charge on any atom is 0.140 e. The zero-order valence-corrected chi connectivity index (χ0v) is 12.2. The van der Waals surface area contributed by atoms with Gasteiger partial charge in [-0.2, -0.15) is 5.10 Å². The second-order valence-electron chi connectivity index (χ2n) is 5.41. The molecule has 0 aliphatic carbocycles. The molecule has 1 aromatic carbocycles. The molecule has 5 heteroatoms. The van der Waals surface area contributed by atoms with Crippen LogP contribution >= 0.6 is 12.4 Å². The van der Waals surface area contributed by atoms with Crippen molar-refractivity contribution < 1.29 is 4.74 Å². The molecule has 1 spiro atoms. The van der Waals surface area contributed by atoms with Crippen LogP contribution in [0.15, 0.2) is 30.5 Å². The van der Waals surface area contributed by atoms with Gasteiger partial charge in [0.15, 0.2) is 0 Å². The fraction of sp³-hybridized carbons (Fsp3) is 0.400. The Bertz CT molecular complexity index is 632. The molecular formula is C15H18ClN3O. The number of nitrogens with one attached hydrogen (secondary N) is 1. The second-order valence-corrected chi connectivity index (χ2v) is 5.41. The van der Waals surface area contributed by atoms with E-state index in [-0.39, 0.29) is 18.0 Å². The highest BCUT2D eigenvalue weighted by Crippen LogP contribution is 2.47. The summed E-state index contributed by atoms with van der Waals surface area (Å²) in [5.41, 5.74) is 3.26. The molecule has 0 unspecified atom stereocenters. The van der Waals surface area contributed by atoms with Crippen LogP contribution in [0.4, 0.5) is 0 Å². The van der Waals surface area contributed by atoms with E-state index in [4.69, 9.17) is 4.74 Å². The summed E-state index contributed by atoms with van der Waals surface area (Å²) in [6, 6.07) is 8.22. The Morgan fingerprint density at radius 1 is 1.25 bits per heavy atom. The highest BCUT2D eigenvalue weighted by atomic mass is 35.5. The maximum atomic E-state index is 6.41. The highest BCUT2D eigenvalue weighted by Gasteiger charge is 2.43. The van der Waals surface area contributed by atoms with Crippen molar-refractivity contribution >= 4 is 12.4 Å². The first-order valence-electron chi connectivity index (χ1n) is 6.82. The predicted octanol–water partition coefficient (Wildman–Crippen LogP) is 2.48. The number of rotatable bonds is 0. The van der Waals surface area contributed by atoms with Crippen LogP contribution in [0, 0.1) is 0 Å². The van der Waals surface area contributed by atoms with E-state index in [2.05, 4.69) is 28.7 Å². The number of benzene rings is 1. The summed E-state index contributed by atoms with van der Waals surface area (Å²) in [6.07, 6.45) is 4.12. The molecule has 2 aliphatic heterocycles. The third-order valence-electron chi connectivity index (χ3n) is 4.18. The Morgan fingerprint density at radius 3 is 2.80 bits per heavy atom. The number of piperidine rings is 1. The number of halogens is 1. The average Bonchev–Trinajstić information content (AvgIpc) is 2.83.